The number of carbonyl (C=O) groups excluding carboxylic acids is 1. The second kappa shape index (κ2) is 6.28. The van der Waals surface area contributed by atoms with Crippen molar-refractivity contribution in [2.45, 2.75) is 32.8 Å². The molecule has 1 aromatic heterocycles. The first-order valence-corrected chi connectivity index (χ1v) is 7.33. The molecule has 1 aliphatic rings. The van der Waals surface area contributed by atoms with Crippen LogP contribution in [0.4, 0.5) is 10.6 Å². The Morgan fingerprint density at radius 2 is 2.09 bits per heavy atom. The molecule has 0 aromatic carbocycles. The predicted octanol–water partition coefficient (Wildman–Crippen LogP) is 2.39. The van der Waals surface area contributed by atoms with Gasteiger partial charge in [0.1, 0.15) is 17.0 Å². The number of carbonyl (C=O) groups is 2. The highest BCUT2D eigenvalue weighted by molar-refractivity contribution is 5.93. The first kappa shape index (κ1) is 16.8. The fourth-order valence-electron chi connectivity index (χ4n) is 2.25. The van der Waals surface area contributed by atoms with Gasteiger partial charge in [0, 0.05) is 19.3 Å². The predicted molar refractivity (Wildman–Crippen MR) is 86.0 cm³/mol. The maximum absolute atomic E-state index is 12.0. The number of nitrogens with zero attached hydrogens (tertiary/aromatic N) is 2. The summed E-state index contributed by atoms with van der Waals surface area (Å²) in [6.07, 6.45) is 3.68. The van der Waals surface area contributed by atoms with Crippen LogP contribution in [0.2, 0.25) is 0 Å². The van der Waals surface area contributed by atoms with Gasteiger partial charge in [0.15, 0.2) is 0 Å². The minimum Gasteiger partial charge on any atom is -0.478 e. The average molecular weight is 319 g/mol. The van der Waals surface area contributed by atoms with E-state index in [0.717, 1.165) is 5.57 Å². The summed E-state index contributed by atoms with van der Waals surface area (Å²) in [4.78, 5) is 28.7. The average Bonchev–Trinajstić information content (AvgIpc) is 2.46. The lowest BCUT2D eigenvalue weighted by molar-refractivity contribution is 0.0270. The molecule has 7 nitrogen and oxygen atoms in total. The molecule has 0 aliphatic carbocycles. The Kier molecular flexibility index (Phi) is 4.58. The first-order chi connectivity index (χ1) is 10.7. The Bertz CT molecular complexity index is 662. The van der Waals surface area contributed by atoms with Crippen LogP contribution in [-0.4, -0.2) is 45.7 Å². The second-order valence-electron chi connectivity index (χ2n) is 6.37. The molecular weight excluding hydrogens is 298 g/mol. The Labute approximate surface area is 134 Å². The summed E-state index contributed by atoms with van der Waals surface area (Å²) in [6.45, 7) is 6.39. The van der Waals surface area contributed by atoms with E-state index in [1.165, 1.54) is 6.07 Å². The van der Waals surface area contributed by atoms with Crippen LogP contribution < -0.4 is 5.73 Å². The number of ether oxygens (including phenoxy) is 1. The van der Waals surface area contributed by atoms with Crippen LogP contribution in [-0.2, 0) is 4.74 Å². The third-order valence-corrected chi connectivity index (χ3v) is 3.38. The van der Waals surface area contributed by atoms with E-state index in [4.69, 9.17) is 15.6 Å². The van der Waals surface area contributed by atoms with Gasteiger partial charge in [0.2, 0.25) is 0 Å². The summed E-state index contributed by atoms with van der Waals surface area (Å²) in [5.41, 5.74) is 6.67. The van der Waals surface area contributed by atoms with Gasteiger partial charge in [0.25, 0.3) is 0 Å². The minimum atomic E-state index is -1.11. The quantitative estimate of drug-likeness (QED) is 0.867. The highest BCUT2D eigenvalue weighted by Crippen LogP contribution is 2.25. The zero-order valence-electron chi connectivity index (χ0n) is 13.5. The number of nitrogen functional groups attached to an aromatic ring is 1. The monoisotopic (exact) mass is 319 g/mol. The van der Waals surface area contributed by atoms with E-state index >= 15 is 0 Å². The van der Waals surface area contributed by atoms with Crippen molar-refractivity contribution in [2.75, 3.05) is 18.8 Å². The lowest BCUT2D eigenvalue weighted by Gasteiger charge is -2.29. The van der Waals surface area contributed by atoms with E-state index in [-0.39, 0.29) is 17.5 Å². The number of carboxylic acid groups (broad SMARTS) is 1. The molecule has 0 fully saturated rings. The molecule has 0 spiro atoms. The fourth-order valence-corrected chi connectivity index (χ4v) is 2.25. The molecule has 7 heteroatoms. The third-order valence-electron chi connectivity index (χ3n) is 3.38. The fraction of sp³-hybridized carbons (Fsp3) is 0.438. The van der Waals surface area contributed by atoms with Crippen LogP contribution in [0.25, 0.3) is 5.57 Å². The summed E-state index contributed by atoms with van der Waals surface area (Å²) >= 11 is 0. The van der Waals surface area contributed by atoms with E-state index in [1.807, 2.05) is 26.8 Å². The third kappa shape index (κ3) is 4.21. The summed E-state index contributed by atoms with van der Waals surface area (Å²) in [5.74, 6) is -1.11. The summed E-state index contributed by atoms with van der Waals surface area (Å²) in [5, 5.41) is 9.10. The number of hydrogen-bond donors (Lipinski definition) is 2. The molecule has 0 atom stereocenters. The number of amides is 1. The van der Waals surface area contributed by atoms with Crippen LogP contribution in [0, 0.1) is 0 Å². The Morgan fingerprint density at radius 1 is 1.39 bits per heavy atom. The Morgan fingerprint density at radius 3 is 2.61 bits per heavy atom. The van der Waals surface area contributed by atoms with Gasteiger partial charge in [-0.2, -0.15) is 0 Å². The normalized spacial score (nSPS) is 15.1. The lowest BCUT2D eigenvalue weighted by Crippen LogP contribution is -2.39. The standard InChI is InChI=1S/C16H21N3O4/c1-16(2,3)23-15(22)19-6-4-10(5-7-19)11-8-12(14(20)21)13(17)18-9-11/h4,8-9H,5-7H2,1-3H3,(H2,17,18)(H,20,21). The van der Waals surface area contributed by atoms with E-state index < -0.39 is 11.6 Å². The molecule has 2 rings (SSSR count). The number of anilines is 1. The van der Waals surface area contributed by atoms with Crippen molar-refractivity contribution >= 4 is 23.5 Å². The Balaban J connectivity index is 2.12. The van der Waals surface area contributed by atoms with Gasteiger partial charge in [0.05, 0.1) is 0 Å². The largest absolute Gasteiger partial charge is 0.478 e. The summed E-state index contributed by atoms with van der Waals surface area (Å²) < 4.78 is 5.34. The topological polar surface area (TPSA) is 106 Å². The molecule has 0 radical (unpaired) electrons. The number of carboxylic acids is 1. The molecule has 0 saturated heterocycles. The molecule has 124 valence electrons. The van der Waals surface area contributed by atoms with Crippen LogP contribution >= 0.6 is 0 Å². The molecule has 3 N–H and O–H groups in total. The number of pyridine rings is 1. The second-order valence-corrected chi connectivity index (χ2v) is 6.37. The molecule has 0 bridgehead atoms. The molecule has 0 saturated carbocycles. The number of nitrogens with two attached hydrogens (primary N) is 1. The molecule has 2 heterocycles. The SMILES string of the molecule is CC(C)(C)OC(=O)N1CC=C(c2cnc(N)c(C(=O)O)c2)CC1. The van der Waals surface area contributed by atoms with Gasteiger partial charge >= 0.3 is 12.1 Å². The van der Waals surface area contributed by atoms with Crippen LogP contribution in [0.15, 0.2) is 18.3 Å². The van der Waals surface area contributed by atoms with Crippen molar-refractivity contribution in [2.24, 2.45) is 0 Å². The van der Waals surface area contributed by atoms with Gasteiger partial charge in [-0.25, -0.2) is 14.6 Å². The van der Waals surface area contributed by atoms with Crippen LogP contribution in [0.1, 0.15) is 43.1 Å². The van der Waals surface area contributed by atoms with E-state index in [1.54, 1.807) is 11.1 Å². The van der Waals surface area contributed by atoms with E-state index in [2.05, 4.69) is 4.98 Å². The highest BCUT2D eigenvalue weighted by Gasteiger charge is 2.24. The maximum Gasteiger partial charge on any atom is 0.410 e. The van der Waals surface area contributed by atoms with Gasteiger partial charge in [-0.05, 0) is 44.4 Å². The van der Waals surface area contributed by atoms with Gasteiger partial charge in [-0.15, -0.1) is 0 Å². The van der Waals surface area contributed by atoms with Crippen molar-refractivity contribution in [3.63, 3.8) is 0 Å². The Hall–Kier alpha value is -2.57. The lowest BCUT2D eigenvalue weighted by atomic mass is 9.99. The molecule has 1 amide bonds. The smallest absolute Gasteiger partial charge is 0.410 e. The summed E-state index contributed by atoms with van der Waals surface area (Å²) in [7, 11) is 0. The van der Waals surface area contributed by atoms with Crippen molar-refractivity contribution in [3.8, 4) is 0 Å². The van der Waals surface area contributed by atoms with Gasteiger partial charge < -0.3 is 20.5 Å². The van der Waals surface area contributed by atoms with Crippen molar-refractivity contribution < 1.29 is 19.4 Å². The molecule has 0 unspecified atom stereocenters. The number of rotatable bonds is 2. The zero-order valence-corrected chi connectivity index (χ0v) is 13.5. The molecule has 1 aliphatic heterocycles. The number of hydrogen-bond acceptors (Lipinski definition) is 5. The van der Waals surface area contributed by atoms with Gasteiger partial charge in [-0.3, -0.25) is 0 Å². The van der Waals surface area contributed by atoms with Crippen molar-refractivity contribution in [3.05, 3.63) is 29.5 Å². The summed E-state index contributed by atoms with van der Waals surface area (Å²) in [6, 6.07) is 1.51. The maximum atomic E-state index is 12.0. The van der Waals surface area contributed by atoms with Gasteiger partial charge in [-0.1, -0.05) is 6.08 Å². The molecular formula is C16H21N3O4. The zero-order chi connectivity index (χ0) is 17.2. The van der Waals surface area contributed by atoms with Crippen LogP contribution in [0.3, 0.4) is 0 Å². The minimum absolute atomic E-state index is 0.00644. The number of aromatic carboxylic acids is 1. The van der Waals surface area contributed by atoms with E-state index in [9.17, 15) is 9.59 Å². The van der Waals surface area contributed by atoms with Crippen molar-refractivity contribution in [1.29, 1.82) is 0 Å². The van der Waals surface area contributed by atoms with Crippen LogP contribution in [0.5, 0.6) is 0 Å². The first-order valence-electron chi connectivity index (χ1n) is 7.33. The highest BCUT2D eigenvalue weighted by atomic mass is 16.6. The molecule has 1 aromatic rings. The van der Waals surface area contributed by atoms with Crippen molar-refractivity contribution in [1.82, 2.24) is 9.88 Å². The number of aromatic nitrogens is 1. The molecule has 23 heavy (non-hydrogen) atoms. The van der Waals surface area contributed by atoms with E-state index in [0.29, 0.717) is 25.1 Å².